The molecule has 112 valence electrons. The molecule has 1 saturated heterocycles. The van der Waals surface area contributed by atoms with Crippen LogP contribution in [0.2, 0.25) is 0 Å². The molecule has 2 rings (SSSR count). The molecule has 1 aromatic rings. The van der Waals surface area contributed by atoms with E-state index in [1.54, 1.807) is 6.07 Å². The number of benzene rings is 1. The second-order valence-corrected chi connectivity index (χ2v) is 5.78. The summed E-state index contributed by atoms with van der Waals surface area (Å²) in [4.78, 5) is 4.67. The third-order valence-corrected chi connectivity index (χ3v) is 3.90. The van der Waals surface area contributed by atoms with Crippen molar-refractivity contribution in [1.82, 2.24) is 9.80 Å². The first-order valence-electron chi connectivity index (χ1n) is 7.43. The normalized spacial score (nSPS) is 19.7. The molecular formula is C16H26N2O2. The molecule has 0 spiro atoms. The minimum absolute atomic E-state index is 0.340. The number of phenols is 1. The van der Waals surface area contributed by atoms with E-state index in [0.29, 0.717) is 18.4 Å². The highest BCUT2D eigenvalue weighted by Crippen LogP contribution is 2.26. The van der Waals surface area contributed by atoms with Crippen LogP contribution < -0.4 is 4.74 Å². The summed E-state index contributed by atoms with van der Waals surface area (Å²) < 4.78 is 5.53. The van der Waals surface area contributed by atoms with Crippen LogP contribution in [0.3, 0.4) is 0 Å². The van der Waals surface area contributed by atoms with E-state index in [0.717, 1.165) is 37.4 Å². The number of ether oxygens (including phenoxy) is 1. The van der Waals surface area contributed by atoms with Gasteiger partial charge in [0.2, 0.25) is 0 Å². The van der Waals surface area contributed by atoms with E-state index in [4.69, 9.17) is 4.74 Å². The van der Waals surface area contributed by atoms with Crippen LogP contribution >= 0.6 is 0 Å². The van der Waals surface area contributed by atoms with Crippen molar-refractivity contribution >= 4 is 0 Å². The first kappa shape index (κ1) is 15.1. The highest BCUT2D eigenvalue weighted by atomic mass is 16.5. The highest BCUT2D eigenvalue weighted by molar-refractivity contribution is 5.39. The molecule has 0 aromatic heterocycles. The van der Waals surface area contributed by atoms with Crippen LogP contribution in [-0.2, 0) is 6.54 Å². The monoisotopic (exact) mass is 278 g/mol. The molecule has 4 heteroatoms. The lowest BCUT2D eigenvalue weighted by molar-refractivity contribution is 0.262. The van der Waals surface area contributed by atoms with E-state index in [9.17, 15) is 5.11 Å². The molecule has 1 unspecified atom stereocenters. The SMILES string of the molecule is CCCOc1ccc(CN2CCC(N(C)C)C2)c(O)c1. The van der Waals surface area contributed by atoms with Gasteiger partial charge in [-0.15, -0.1) is 0 Å². The van der Waals surface area contributed by atoms with Gasteiger partial charge >= 0.3 is 0 Å². The van der Waals surface area contributed by atoms with Gasteiger partial charge in [0.1, 0.15) is 11.5 Å². The molecule has 0 radical (unpaired) electrons. The van der Waals surface area contributed by atoms with Crippen LogP contribution in [0, 0.1) is 0 Å². The maximum absolute atomic E-state index is 10.1. The second-order valence-electron chi connectivity index (χ2n) is 5.78. The summed E-state index contributed by atoms with van der Waals surface area (Å²) in [6.45, 7) is 5.74. The fraction of sp³-hybridized carbons (Fsp3) is 0.625. The minimum atomic E-state index is 0.340. The van der Waals surface area contributed by atoms with Crippen molar-refractivity contribution in [1.29, 1.82) is 0 Å². The lowest BCUT2D eigenvalue weighted by atomic mass is 10.2. The molecule has 1 atom stereocenters. The third-order valence-electron chi connectivity index (χ3n) is 3.90. The van der Waals surface area contributed by atoms with E-state index in [1.807, 2.05) is 12.1 Å². The Balaban J connectivity index is 1.93. The molecule has 20 heavy (non-hydrogen) atoms. The molecule has 4 nitrogen and oxygen atoms in total. The predicted molar refractivity (Wildman–Crippen MR) is 81.3 cm³/mol. The molecule has 1 aliphatic heterocycles. The molecule has 0 amide bonds. The van der Waals surface area contributed by atoms with Crippen LogP contribution in [0.15, 0.2) is 18.2 Å². The summed E-state index contributed by atoms with van der Waals surface area (Å²) >= 11 is 0. The Morgan fingerprint density at radius 2 is 2.20 bits per heavy atom. The van der Waals surface area contributed by atoms with Gasteiger partial charge in [0.05, 0.1) is 6.61 Å². The Bertz CT molecular complexity index is 434. The van der Waals surface area contributed by atoms with Crippen LogP contribution in [0.4, 0.5) is 0 Å². The lowest BCUT2D eigenvalue weighted by Gasteiger charge is -2.20. The fourth-order valence-corrected chi connectivity index (χ4v) is 2.61. The molecule has 1 fully saturated rings. The number of aromatic hydroxyl groups is 1. The van der Waals surface area contributed by atoms with Crippen molar-refractivity contribution in [2.75, 3.05) is 33.8 Å². The van der Waals surface area contributed by atoms with Gasteiger partial charge in [-0.1, -0.05) is 13.0 Å². The van der Waals surface area contributed by atoms with Crippen LogP contribution in [-0.4, -0.2) is 54.7 Å². The maximum atomic E-state index is 10.1. The Labute approximate surface area is 122 Å². The van der Waals surface area contributed by atoms with Crippen LogP contribution in [0.25, 0.3) is 0 Å². The average molecular weight is 278 g/mol. The number of likely N-dealkylation sites (tertiary alicyclic amines) is 1. The number of hydrogen-bond donors (Lipinski definition) is 1. The van der Waals surface area contributed by atoms with Crippen LogP contribution in [0.1, 0.15) is 25.3 Å². The van der Waals surface area contributed by atoms with Gasteiger partial charge in [-0.2, -0.15) is 0 Å². The fourth-order valence-electron chi connectivity index (χ4n) is 2.61. The van der Waals surface area contributed by atoms with Gasteiger partial charge in [0, 0.05) is 37.3 Å². The van der Waals surface area contributed by atoms with Crippen molar-refractivity contribution in [3.8, 4) is 11.5 Å². The second kappa shape index (κ2) is 6.95. The predicted octanol–water partition coefficient (Wildman–Crippen LogP) is 2.32. The molecule has 0 bridgehead atoms. The van der Waals surface area contributed by atoms with Crippen molar-refractivity contribution in [2.24, 2.45) is 0 Å². The van der Waals surface area contributed by atoms with Gasteiger partial charge in [-0.05, 0) is 33.0 Å². The standard InChI is InChI=1S/C16H26N2O2/c1-4-9-20-15-6-5-13(16(19)10-15)11-18-8-7-14(12-18)17(2)3/h5-6,10,14,19H,4,7-9,11-12H2,1-3H3. The van der Waals surface area contributed by atoms with E-state index in [1.165, 1.54) is 6.42 Å². The summed E-state index contributed by atoms with van der Waals surface area (Å²) in [7, 11) is 4.26. The summed E-state index contributed by atoms with van der Waals surface area (Å²) in [6, 6.07) is 6.28. The number of rotatable bonds is 6. The number of hydrogen-bond acceptors (Lipinski definition) is 4. The van der Waals surface area contributed by atoms with Gasteiger partial charge in [-0.25, -0.2) is 0 Å². The molecule has 0 aliphatic carbocycles. The maximum Gasteiger partial charge on any atom is 0.123 e. The first-order chi connectivity index (χ1) is 9.60. The van der Waals surface area contributed by atoms with E-state index >= 15 is 0 Å². The smallest absolute Gasteiger partial charge is 0.123 e. The lowest BCUT2D eigenvalue weighted by Crippen LogP contribution is -2.31. The Morgan fingerprint density at radius 1 is 1.40 bits per heavy atom. The molecule has 1 heterocycles. The van der Waals surface area contributed by atoms with Crippen molar-refractivity contribution < 1.29 is 9.84 Å². The number of phenolic OH excluding ortho intramolecular Hbond substituents is 1. The van der Waals surface area contributed by atoms with E-state index < -0.39 is 0 Å². The Hall–Kier alpha value is -1.26. The molecule has 1 N–H and O–H groups in total. The number of likely N-dealkylation sites (N-methyl/N-ethyl adjacent to an activating group) is 1. The van der Waals surface area contributed by atoms with Crippen molar-refractivity contribution in [2.45, 2.75) is 32.4 Å². The molecule has 0 saturated carbocycles. The summed E-state index contributed by atoms with van der Waals surface area (Å²) in [5, 5.41) is 10.1. The molecular weight excluding hydrogens is 252 g/mol. The van der Waals surface area contributed by atoms with E-state index in [-0.39, 0.29) is 0 Å². The third kappa shape index (κ3) is 3.87. The Morgan fingerprint density at radius 3 is 2.80 bits per heavy atom. The average Bonchev–Trinajstić information content (AvgIpc) is 2.88. The quantitative estimate of drug-likeness (QED) is 0.866. The first-order valence-corrected chi connectivity index (χ1v) is 7.43. The minimum Gasteiger partial charge on any atom is -0.507 e. The Kier molecular flexibility index (Phi) is 5.26. The van der Waals surface area contributed by atoms with Crippen molar-refractivity contribution in [3.63, 3.8) is 0 Å². The zero-order valence-electron chi connectivity index (χ0n) is 12.8. The van der Waals surface area contributed by atoms with Crippen molar-refractivity contribution in [3.05, 3.63) is 23.8 Å². The topological polar surface area (TPSA) is 35.9 Å². The zero-order valence-corrected chi connectivity index (χ0v) is 12.8. The zero-order chi connectivity index (χ0) is 14.5. The van der Waals surface area contributed by atoms with Gasteiger partial charge in [0.25, 0.3) is 0 Å². The highest BCUT2D eigenvalue weighted by Gasteiger charge is 2.24. The van der Waals surface area contributed by atoms with Crippen LogP contribution in [0.5, 0.6) is 11.5 Å². The molecule has 1 aliphatic rings. The number of nitrogens with zero attached hydrogens (tertiary/aromatic N) is 2. The van der Waals surface area contributed by atoms with E-state index in [2.05, 4.69) is 30.8 Å². The summed E-state index contributed by atoms with van der Waals surface area (Å²) in [5.74, 6) is 1.09. The summed E-state index contributed by atoms with van der Waals surface area (Å²) in [6.07, 6.45) is 2.17. The largest absolute Gasteiger partial charge is 0.507 e. The van der Waals surface area contributed by atoms with Gasteiger partial charge in [-0.3, -0.25) is 4.90 Å². The van der Waals surface area contributed by atoms with Gasteiger partial charge in [0.15, 0.2) is 0 Å². The summed E-state index contributed by atoms with van der Waals surface area (Å²) in [5.41, 5.74) is 0.980. The molecule has 1 aromatic carbocycles. The van der Waals surface area contributed by atoms with Gasteiger partial charge < -0.3 is 14.7 Å².